The third-order valence-corrected chi connectivity index (χ3v) is 6.20. The zero-order chi connectivity index (χ0) is 23.0. The SMILES string of the molecule is COc1ccc(OC)c(NC(=O)C2CN(S(C)(=O)=O)c3cc(C(C)(C)C)ccc3O2)c1. The summed E-state index contributed by atoms with van der Waals surface area (Å²) in [5.41, 5.74) is 1.62. The average Bonchev–Trinajstić information content (AvgIpc) is 2.70. The molecular weight excluding hydrogens is 420 g/mol. The summed E-state index contributed by atoms with van der Waals surface area (Å²) in [7, 11) is -0.628. The minimum atomic E-state index is -3.64. The van der Waals surface area contributed by atoms with Crippen LogP contribution < -0.4 is 23.8 Å². The van der Waals surface area contributed by atoms with E-state index in [1.165, 1.54) is 18.5 Å². The van der Waals surface area contributed by atoms with Crippen molar-refractivity contribution >= 4 is 27.3 Å². The van der Waals surface area contributed by atoms with Crippen LogP contribution in [0.2, 0.25) is 0 Å². The molecule has 3 rings (SSSR count). The number of carbonyl (C=O) groups excluding carboxylic acids is 1. The van der Waals surface area contributed by atoms with Crippen LogP contribution in [-0.4, -0.2) is 47.4 Å². The largest absolute Gasteiger partial charge is 0.497 e. The number of rotatable bonds is 5. The summed E-state index contributed by atoms with van der Waals surface area (Å²) in [5.74, 6) is 0.826. The zero-order valence-electron chi connectivity index (χ0n) is 18.6. The average molecular weight is 449 g/mol. The maximum absolute atomic E-state index is 13.0. The number of carbonyl (C=O) groups is 1. The van der Waals surface area contributed by atoms with E-state index in [0.717, 1.165) is 11.8 Å². The summed E-state index contributed by atoms with van der Waals surface area (Å²) in [6.07, 6.45) is 0.0740. The van der Waals surface area contributed by atoms with Crippen molar-refractivity contribution in [3.8, 4) is 17.2 Å². The molecule has 0 bridgehead atoms. The van der Waals surface area contributed by atoms with Gasteiger partial charge in [0, 0.05) is 6.07 Å². The van der Waals surface area contributed by atoms with Crippen LogP contribution in [0, 0.1) is 0 Å². The highest BCUT2D eigenvalue weighted by Gasteiger charge is 2.36. The monoisotopic (exact) mass is 448 g/mol. The van der Waals surface area contributed by atoms with Crippen LogP contribution in [0.15, 0.2) is 36.4 Å². The molecule has 2 aromatic carbocycles. The Bertz CT molecular complexity index is 1090. The Morgan fingerprint density at radius 3 is 2.42 bits per heavy atom. The molecule has 2 aromatic rings. The van der Waals surface area contributed by atoms with E-state index in [0.29, 0.717) is 28.6 Å². The fourth-order valence-electron chi connectivity index (χ4n) is 3.29. The summed E-state index contributed by atoms with van der Waals surface area (Å²) in [6, 6.07) is 10.4. The maximum Gasteiger partial charge on any atom is 0.267 e. The van der Waals surface area contributed by atoms with E-state index in [4.69, 9.17) is 14.2 Å². The molecule has 9 heteroatoms. The molecule has 1 N–H and O–H groups in total. The summed E-state index contributed by atoms with van der Waals surface area (Å²) < 4.78 is 42.7. The highest BCUT2D eigenvalue weighted by atomic mass is 32.2. The number of methoxy groups -OCH3 is 2. The van der Waals surface area contributed by atoms with Crippen molar-refractivity contribution in [2.24, 2.45) is 0 Å². The van der Waals surface area contributed by atoms with Crippen molar-refractivity contribution < 1.29 is 27.4 Å². The predicted octanol–water partition coefficient (Wildman–Crippen LogP) is 3.17. The maximum atomic E-state index is 13.0. The lowest BCUT2D eigenvalue weighted by Gasteiger charge is -2.35. The van der Waals surface area contributed by atoms with Crippen molar-refractivity contribution in [1.29, 1.82) is 0 Å². The number of sulfonamides is 1. The predicted molar refractivity (Wildman–Crippen MR) is 120 cm³/mol. The second-order valence-electron chi connectivity index (χ2n) is 8.39. The zero-order valence-corrected chi connectivity index (χ0v) is 19.4. The van der Waals surface area contributed by atoms with Crippen molar-refractivity contribution in [3.05, 3.63) is 42.0 Å². The van der Waals surface area contributed by atoms with Gasteiger partial charge < -0.3 is 19.5 Å². The van der Waals surface area contributed by atoms with Gasteiger partial charge in [-0.15, -0.1) is 0 Å². The first kappa shape index (κ1) is 22.7. The summed E-state index contributed by atoms with van der Waals surface area (Å²) >= 11 is 0. The molecule has 0 saturated heterocycles. The second kappa shape index (κ2) is 8.30. The van der Waals surface area contributed by atoms with Crippen molar-refractivity contribution in [2.75, 3.05) is 36.6 Å². The van der Waals surface area contributed by atoms with E-state index < -0.39 is 22.0 Å². The molecular formula is C22H28N2O6S. The van der Waals surface area contributed by atoms with Gasteiger partial charge in [-0.05, 0) is 35.2 Å². The van der Waals surface area contributed by atoms with Gasteiger partial charge >= 0.3 is 0 Å². The van der Waals surface area contributed by atoms with E-state index in [1.54, 1.807) is 30.3 Å². The van der Waals surface area contributed by atoms with Gasteiger partial charge in [0.25, 0.3) is 5.91 Å². The lowest BCUT2D eigenvalue weighted by molar-refractivity contribution is -0.122. The Balaban J connectivity index is 1.94. The third-order valence-electron chi connectivity index (χ3n) is 5.05. The van der Waals surface area contributed by atoms with Crippen molar-refractivity contribution in [3.63, 3.8) is 0 Å². The van der Waals surface area contributed by atoms with Crippen LogP contribution in [0.3, 0.4) is 0 Å². The van der Waals surface area contributed by atoms with E-state index >= 15 is 0 Å². The third kappa shape index (κ3) is 4.87. The normalized spacial score (nSPS) is 16.2. The van der Waals surface area contributed by atoms with Crippen molar-refractivity contribution in [2.45, 2.75) is 32.3 Å². The summed E-state index contributed by atoms with van der Waals surface area (Å²) in [5, 5.41) is 2.75. The first-order valence-electron chi connectivity index (χ1n) is 9.76. The topological polar surface area (TPSA) is 94.2 Å². The number of hydrogen-bond donors (Lipinski definition) is 1. The van der Waals surface area contributed by atoms with Gasteiger partial charge in [0.1, 0.15) is 17.2 Å². The molecule has 0 aliphatic carbocycles. The molecule has 8 nitrogen and oxygen atoms in total. The highest BCUT2D eigenvalue weighted by molar-refractivity contribution is 7.92. The van der Waals surface area contributed by atoms with Crippen LogP contribution in [0.1, 0.15) is 26.3 Å². The quantitative estimate of drug-likeness (QED) is 0.755. The number of benzene rings is 2. The van der Waals surface area contributed by atoms with Gasteiger partial charge in [-0.3, -0.25) is 9.10 Å². The Morgan fingerprint density at radius 1 is 1.13 bits per heavy atom. The van der Waals surface area contributed by atoms with Crippen LogP contribution in [0.25, 0.3) is 0 Å². The molecule has 0 spiro atoms. The lowest BCUT2D eigenvalue weighted by atomic mass is 9.86. The van der Waals surface area contributed by atoms with Gasteiger partial charge in [-0.1, -0.05) is 26.8 Å². The molecule has 1 heterocycles. The molecule has 0 radical (unpaired) electrons. The fraction of sp³-hybridized carbons (Fsp3) is 0.409. The van der Waals surface area contributed by atoms with E-state index in [1.807, 2.05) is 26.8 Å². The fourth-order valence-corrected chi connectivity index (χ4v) is 4.20. The van der Waals surface area contributed by atoms with Crippen LogP contribution in [0.4, 0.5) is 11.4 Å². The summed E-state index contributed by atoms with van der Waals surface area (Å²) in [4.78, 5) is 13.0. The van der Waals surface area contributed by atoms with Crippen LogP contribution in [-0.2, 0) is 20.2 Å². The van der Waals surface area contributed by atoms with E-state index in [2.05, 4.69) is 5.32 Å². The smallest absolute Gasteiger partial charge is 0.267 e. The molecule has 1 amide bonds. The first-order chi connectivity index (χ1) is 14.4. The number of anilines is 2. The van der Waals surface area contributed by atoms with Gasteiger partial charge in [-0.25, -0.2) is 8.42 Å². The Hall–Kier alpha value is -2.94. The van der Waals surface area contributed by atoms with Gasteiger partial charge in [0.15, 0.2) is 6.10 Å². The minimum absolute atomic E-state index is 0.141. The molecule has 0 aromatic heterocycles. The molecule has 0 fully saturated rings. The highest BCUT2D eigenvalue weighted by Crippen LogP contribution is 2.39. The molecule has 0 saturated carbocycles. The number of hydrogen-bond acceptors (Lipinski definition) is 6. The van der Waals surface area contributed by atoms with Gasteiger partial charge in [0.05, 0.1) is 38.4 Å². The lowest BCUT2D eigenvalue weighted by Crippen LogP contribution is -2.48. The number of nitrogens with zero attached hydrogens (tertiary/aromatic N) is 1. The number of nitrogens with one attached hydrogen (secondary N) is 1. The second-order valence-corrected chi connectivity index (χ2v) is 10.3. The molecule has 1 aliphatic heterocycles. The van der Waals surface area contributed by atoms with Gasteiger partial charge in [0.2, 0.25) is 10.0 Å². The number of ether oxygens (including phenoxy) is 3. The molecule has 31 heavy (non-hydrogen) atoms. The minimum Gasteiger partial charge on any atom is -0.497 e. The van der Waals surface area contributed by atoms with Crippen LogP contribution >= 0.6 is 0 Å². The molecule has 1 aliphatic rings. The Kier molecular flexibility index (Phi) is 6.09. The standard InChI is InChI=1S/C22H28N2O6S/c1-22(2,3)14-7-9-19-17(11-14)24(31(6,26)27)13-20(30-19)21(25)23-16-12-15(28-4)8-10-18(16)29-5/h7-12,20H,13H2,1-6H3,(H,23,25). The van der Waals surface area contributed by atoms with E-state index in [-0.39, 0.29) is 12.0 Å². The summed E-state index contributed by atoms with van der Waals surface area (Å²) in [6.45, 7) is 5.99. The van der Waals surface area contributed by atoms with Crippen molar-refractivity contribution in [1.82, 2.24) is 0 Å². The number of fused-ring (bicyclic) bond motifs is 1. The molecule has 1 atom stereocenters. The molecule has 1 unspecified atom stereocenters. The van der Waals surface area contributed by atoms with E-state index in [9.17, 15) is 13.2 Å². The number of amides is 1. The Labute approximate surface area is 183 Å². The Morgan fingerprint density at radius 2 is 1.84 bits per heavy atom. The molecule has 168 valence electrons. The van der Waals surface area contributed by atoms with Gasteiger partial charge in [-0.2, -0.15) is 0 Å². The van der Waals surface area contributed by atoms with Crippen LogP contribution in [0.5, 0.6) is 17.2 Å². The first-order valence-corrected chi connectivity index (χ1v) is 11.6.